The second-order valence-corrected chi connectivity index (χ2v) is 5.96. The van der Waals surface area contributed by atoms with Crippen molar-refractivity contribution in [1.82, 2.24) is 14.7 Å². The van der Waals surface area contributed by atoms with Gasteiger partial charge >= 0.3 is 0 Å². The number of piperazine rings is 1. The SMILES string of the molecule is CCN(CC)CC(=O)N1CCN(C/C=C/c2ccccc2)CC1. The molecule has 1 amide bonds. The van der Waals surface area contributed by atoms with Gasteiger partial charge in [-0.25, -0.2) is 0 Å². The minimum Gasteiger partial charge on any atom is -0.339 e. The van der Waals surface area contributed by atoms with E-state index >= 15 is 0 Å². The molecule has 1 aromatic carbocycles. The Bertz CT molecular complexity index is 489. The molecule has 23 heavy (non-hydrogen) atoms. The molecule has 0 N–H and O–H groups in total. The summed E-state index contributed by atoms with van der Waals surface area (Å²) in [7, 11) is 0. The van der Waals surface area contributed by atoms with Crippen molar-refractivity contribution in [1.29, 1.82) is 0 Å². The molecule has 0 radical (unpaired) electrons. The first-order valence-corrected chi connectivity index (χ1v) is 8.67. The lowest BCUT2D eigenvalue weighted by atomic mass is 10.2. The van der Waals surface area contributed by atoms with Crippen molar-refractivity contribution in [3.63, 3.8) is 0 Å². The second kappa shape index (κ2) is 9.48. The van der Waals surface area contributed by atoms with Gasteiger partial charge < -0.3 is 4.90 Å². The molecule has 1 aromatic rings. The van der Waals surface area contributed by atoms with Gasteiger partial charge in [-0.15, -0.1) is 0 Å². The number of benzene rings is 1. The van der Waals surface area contributed by atoms with Gasteiger partial charge in [-0.1, -0.05) is 56.3 Å². The zero-order valence-corrected chi connectivity index (χ0v) is 14.4. The molecule has 0 saturated carbocycles. The molecule has 1 fully saturated rings. The first-order chi connectivity index (χ1) is 11.2. The molecule has 4 heteroatoms. The Balaban J connectivity index is 1.71. The standard InChI is InChI=1S/C19H29N3O/c1-3-20(4-2)17-19(23)22-15-13-21(14-16-22)12-8-11-18-9-6-5-7-10-18/h5-11H,3-4,12-17H2,1-2H3/b11-8+. The maximum Gasteiger partial charge on any atom is 0.236 e. The summed E-state index contributed by atoms with van der Waals surface area (Å²) in [5.41, 5.74) is 1.24. The van der Waals surface area contributed by atoms with Gasteiger partial charge in [-0.3, -0.25) is 14.6 Å². The molecular formula is C19H29N3O. The molecule has 0 aliphatic carbocycles. The van der Waals surface area contributed by atoms with E-state index in [2.05, 4.69) is 60.1 Å². The number of hydrogen-bond donors (Lipinski definition) is 0. The summed E-state index contributed by atoms with van der Waals surface area (Å²) in [6.45, 7) is 11.2. The Morgan fingerprint density at radius 1 is 1.09 bits per heavy atom. The number of amides is 1. The van der Waals surface area contributed by atoms with E-state index in [0.717, 1.165) is 45.8 Å². The van der Waals surface area contributed by atoms with Crippen LogP contribution in [-0.2, 0) is 4.79 Å². The van der Waals surface area contributed by atoms with Crippen LogP contribution in [0.1, 0.15) is 19.4 Å². The molecule has 1 aliphatic rings. The zero-order chi connectivity index (χ0) is 16.5. The molecule has 0 atom stereocenters. The Morgan fingerprint density at radius 3 is 2.35 bits per heavy atom. The third kappa shape index (κ3) is 5.81. The zero-order valence-electron chi connectivity index (χ0n) is 14.4. The lowest BCUT2D eigenvalue weighted by Crippen LogP contribution is -2.51. The summed E-state index contributed by atoms with van der Waals surface area (Å²) in [5.74, 6) is 0.271. The van der Waals surface area contributed by atoms with E-state index in [1.165, 1.54) is 5.56 Å². The van der Waals surface area contributed by atoms with Gasteiger partial charge in [0.2, 0.25) is 5.91 Å². The van der Waals surface area contributed by atoms with E-state index in [9.17, 15) is 4.79 Å². The van der Waals surface area contributed by atoms with Crippen molar-refractivity contribution in [2.45, 2.75) is 13.8 Å². The van der Waals surface area contributed by atoms with Crippen molar-refractivity contribution >= 4 is 12.0 Å². The van der Waals surface area contributed by atoms with Crippen LogP contribution in [0, 0.1) is 0 Å². The fraction of sp³-hybridized carbons (Fsp3) is 0.526. The van der Waals surface area contributed by atoms with E-state index in [-0.39, 0.29) is 5.91 Å². The van der Waals surface area contributed by atoms with Gasteiger partial charge in [0.25, 0.3) is 0 Å². The lowest BCUT2D eigenvalue weighted by molar-refractivity contribution is -0.134. The number of rotatable bonds is 7. The molecular weight excluding hydrogens is 286 g/mol. The highest BCUT2D eigenvalue weighted by Gasteiger charge is 2.21. The van der Waals surface area contributed by atoms with Crippen LogP contribution >= 0.6 is 0 Å². The largest absolute Gasteiger partial charge is 0.339 e. The summed E-state index contributed by atoms with van der Waals surface area (Å²) in [4.78, 5) is 18.9. The monoisotopic (exact) mass is 315 g/mol. The van der Waals surface area contributed by atoms with Crippen molar-refractivity contribution in [3.05, 3.63) is 42.0 Å². The van der Waals surface area contributed by atoms with E-state index < -0.39 is 0 Å². The van der Waals surface area contributed by atoms with Gasteiger partial charge in [-0.2, -0.15) is 0 Å². The molecule has 1 saturated heterocycles. The molecule has 0 bridgehead atoms. The van der Waals surface area contributed by atoms with Crippen molar-refractivity contribution in [3.8, 4) is 0 Å². The highest BCUT2D eigenvalue weighted by Crippen LogP contribution is 2.05. The predicted molar refractivity (Wildman–Crippen MR) is 96.3 cm³/mol. The third-order valence-electron chi connectivity index (χ3n) is 4.45. The summed E-state index contributed by atoms with van der Waals surface area (Å²) in [6, 6.07) is 10.4. The topological polar surface area (TPSA) is 26.8 Å². The Kier molecular flexibility index (Phi) is 7.30. The third-order valence-corrected chi connectivity index (χ3v) is 4.45. The highest BCUT2D eigenvalue weighted by molar-refractivity contribution is 5.78. The highest BCUT2D eigenvalue weighted by atomic mass is 16.2. The summed E-state index contributed by atoms with van der Waals surface area (Å²) in [6.07, 6.45) is 4.38. The molecule has 2 rings (SSSR count). The molecule has 0 spiro atoms. The fourth-order valence-electron chi connectivity index (χ4n) is 2.82. The average Bonchev–Trinajstić information content (AvgIpc) is 2.61. The molecule has 1 heterocycles. The normalized spacial score (nSPS) is 16.4. The van der Waals surface area contributed by atoms with Gasteiger partial charge in [0, 0.05) is 32.7 Å². The van der Waals surface area contributed by atoms with E-state index in [4.69, 9.17) is 0 Å². The summed E-state index contributed by atoms with van der Waals surface area (Å²) in [5, 5.41) is 0. The molecule has 0 aromatic heterocycles. The molecule has 1 aliphatic heterocycles. The smallest absolute Gasteiger partial charge is 0.236 e. The molecule has 0 unspecified atom stereocenters. The Labute approximate surface area is 140 Å². The minimum absolute atomic E-state index is 0.271. The fourth-order valence-corrected chi connectivity index (χ4v) is 2.82. The van der Waals surface area contributed by atoms with Crippen LogP contribution in [0.4, 0.5) is 0 Å². The first-order valence-electron chi connectivity index (χ1n) is 8.67. The first kappa shape index (κ1) is 17.7. The number of carbonyl (C=O) groups is 1. The van der Waals surface area contributed by atoms with E-state index in [1.54, 1.807) is 0 Å². The van der Waals surface area contributed by atoms with Crippen LogP contribution in [0.2, 0.25) is 0 Å². The average molecular weight is 315 g/mol. The Morgan fingerprint density at radius 2 is 1.74 bits per heavy atom. The number of nitrogens with zero attached hydrogens (tertiary/aromatic N) is 3. The maximum atomic E-state index is 12.3. The van der Waals surface area contributed by atoms with Crippen molar-refractivity contribution < 1.29 is 4.79 Å². The van der Waals surface area contributed by atoms with Crippen LogP contribution in [-0.4, -0.2) is 73.0 Å². The van der Waals surface area contributed by atoms with Crippen molar-refractivity contribution in [2.24, 2.45) is 0 Å². The van der Waals surface area contributed by atoms with Crippen LogP contribution in [0.15, 0.2) is 36.4 Å². The quantitative estimate of drug-likeness (QED) is 0.772. The predicted octanol–water partition coefficient (Wildman–Crippen LogP) is 2.19. The van der Waals surface area contributed by atoms with Crippen LogP contribution in [0.5, 0.6) is 0 Å². The maximum absolute atomic E-state index is 12.3. The van der Waals surface area contributed by atoms with Gasteiger partial charge in [0.1, 0.15) is 0 Å². The van der Waals surface area contributed by atoms with Gasteiger partial charge in [0.15, 0.2) is 0 Å². The van der Waals surface area contributed by atoms with Crippen LogP contribution < -0.4 is 0 Å². The second-order valence-electron chi connectivity index (χ2n) is 5.96. The Hall–Kier alpha value is -1.65. The van der Waals surface area contributed by atoms with Crippen LogP contribution in [0.3, 0.4) is 0 Å². The molecule has 126 valence electrons. The van der Waals surface area contributed by atoms with Crippen LogP contribution in [0.25, 0.3) is 6.08 Å². The number of likely N-dealkylation sites (N-methyl/N-ethyl adjacent to an activating group) is 1. The van der Waals surface area contributed by atoms with Gasteiger partial charge in [0.05, 0.1) is 6.54 Å². The van der Waals surface area contributed by atoms with E-state index in [1.807, 2.05) is 11.0 Å². The molecule has 4 nitrogen and oxygen atoms in total. The summed E-state index contributed by atoms with van der Waals surface area (Å²) < 4.78 is 0. The number of hydrogen-bond acceptors (Lipinski definition) is 3. The van der Waals surface area contributed by atoms with Crippen molar-refractivity contribution in [2.75, 3.05) is 52.4 Å². The summed E-state index contributed by atoms with van der Waals surface area (Å²) >= 11 is 0. The van der Waals surface area contributed by atoms with Gasteiger partial charge in [-0.05, 0) is 18.7 Å². The van der Waals surface area contributed by atoms with E-state index in [0.29, 0.717) is 6.54 Å². The number of carbonyl (C=O) groups excluding carboxylic acids is 1. The lowest BCUT2D eigenvalue weighted by Gasteiger charge is -2.35. The minimum atomic E-state index is 0.271.